The van der Waals surface area contributed by atoms with Crippen molar-refractivity contribution in [3.63, 3.8) is 0 Å². The van der Waals surface area contributed by atoms with Gasteiger partial charge in [0.1, 0.15) is 23.3 Å². The highest BCUT2D eigenvalue weighted by molar-refractivity contribution is 5.82. The quantitative estimate of drug-likeness (QED) is 0.501. The molecule has 1 aliphatic rings. The molecule has 0 bridgehead atoms. The van der Waals surface area contributed by atoms with Gasteiger partial charge < -0.3 is 10.6 Å². The average molecular weight is 455 g/mol. The van der Waals surface area contributed by atoms with Crippen LogP contribution in [-0.4, -0.2) is 26.1 Å². The van der Waals surface area contributed by atoms with E-state index in [1.807, 2.05) is 35.2 Å². The molecular formula is C25H22FN7O. The van der Waals surface area contributed by atoms with Gasteiger partial charge in [0.25, 0.3) is 5.56 Å². The number of fused-ring (bicyclic) bond motifs is 1. The number of aromatic nitrogens is 4. The van der Waals surface area contributed by atoms with Crippen LogP contribution in [0, 0.1) is 31.0 Å². The molecule has 2 N–H and O–H groups in total. The number of rotatable bonds is 3. The lowest BCUT2D eigenvalue weighted by atomic mass is 10.1. The van der Waals surface area contributed by atoms with E-state index in [4.69, 9.17) is 10.7 Å². The molecule has 1 unspecified atom stereocenters. The topological polar surface area (TPSA) is 114 Å². The summed E-state index contributed by atoms with van der Waals surface area (Å²) in [5, 5.41) is 10.0. The summed E-state index contributed by atoms with van der Waals surface area (Å²) in [4.78, 5) is 29.1. The monoisotopic (exact) mass is 455 g/mol. The lowest BCUT2D eigenvalue weighted by Crippen LogP contribution is -2.33. The maximum atomic E-state index is 14.4. The Morgan fingerprint density at radius 1 is 1.12 bits per heavy atom. The number of aryl methyl sites for hydroxylation is 2. The number of nitrogens with zero attached hydrogens (tertiary/aromatic N) is 6. The van der Waals surface area contributed by atoms with Crippen LogP contribution in [0.2, 0.25) is 0 Å². The summed E-state index contributed by atoms with van der Waals surface area (Å²) in [7, 11) is 0. The highest BCUT2D eigenvalue weighted by atomic mass is 19.1. The smallest absolute Gasteiger partial charge is 0.266 e. The Morgan fingerprint density at radius 3 is 2.62 bits per heavy atom. The van der Waals surface area contributed by atoms with Crippen LogP contribution in [-0.2, 0) is 0 Å². The van der Waals surface area contributed by atoms with Crippen LogP contribution in [0.5, 0.6) is 0 Å². The predicted octanol–water partition coefficient (Wildman–Crippen LogP) is 3.73. The number of nitrogens with two attached hydrogens (primary N) is 1. The fourth-order valence-electron chi connectivity index (χ4n) is 4.68. The molecule has 5 rings (SSSR count). The van der Waals surface area contributed by atoms with Gasteiger partial charge in [-0.25, -0.2) is 14.4 Å². The second-order valence-corrected chi connectivity index (χ2v) is 8.34. The van der Waals surface area contributed by atoms with Crippen LogP contribution < -0.4 is 16.2 Å². The van der Waals surface area contributed by atoms with Crippen molar-refractivity contribution in [1.29, 1.82) is 5.26 Å². The van der Waals surface area contributed by atoms with Gasteiger partial charge in [0.15, 0.2) is 5.82 Å². The Labute approximate surface area is 195 Å². The van der Waals surface area contributed by atoms with E-state index in [2.05, 4.69) is 16.0 Å². The van der Waals surface area contributed by atoms with Gasteiger partial charge >= 0.3 is 0 Å². The predicted molar refractivity (Wildman–Crippen MR) is 127 cm³/mol. The summed E-state index contributed by atoms with van der Waals surface area (Å²) < 4.78 is 15.9. The molecular weight excluding hydrogens is 433 g/mol. The van der Waals surface area contributed by atoms with Crippen molar-refractivity contribution < 1.29 is 4.39 Å². The summed E-state index contributed by atoms with van der Waals surface area (Å²) in [5.74, 6) is 0.562. The summed E-state index contributed by atoms with van der Waals surface area (Å²) in [6, 6.07) is 13.9. The number of benzene rings is 2. The second kappa shape index (κ2) is 8.23. The third-order valence-electron chi connectivity index (χ3n) is 6.30. The Balaban J connectivity index is 1.80. The van der Waals surface area contributed by atoms with E-state index in [0.29, 0.717) is 47.1 Å². The molecule has 170 valence electrons. The highest BCUT2D eigenvalue weighted by Gasteiger charge is 2.34. The summed E-state index contributed by atoms with van der Waals surface area (Å²) in [6.07, 6.45) is 1.50. The molecule has 0 saturated carbocycles. The van der Waals surface area contributed by atoms with Gasteiger partial charge in [-0.15, -0.1) is 0 Å². The van der Waals surface area contributed by atoms with E-state index in [-0.39, 0.29) is 28.5 Å². The van der Waals surface area contributed by atoms with E-state index in [1.165, 1.54) is 12.1 Å². The number of hydrogen-bond donors (Lipinski definition) is 1. The van der Waals surface area contributed by atoms with Crippen molar-refractivity contribution in [2.75, 3.05) is 17.2 Å². The number of nitrogen functional groups attached to an aromatic ring is 1. The Hall–Kier alpha value is -4.32. The summed E-state index contributed by atoms with van der Waals surface area (Å²) >= 11 is 0. The molecule has 1 saturated heterocycles. The Morgan fingerprint density at radius 2 is 1.88 bits per heavy atom. The molecule has 2 aromatic carbocycles. The first-order chi connectivity index (χ1) is 16.4. The minimum Gasteiger partial charge on any atom is -0.368 e. The molecule has 3 heterocycles. The minimum atomic E-state index is -0.452. The molecule has 4 aromatic rings. The van der Waals surface area contributed by atoms with Crippen molar-refractivity contribution in [2.24, 2.45) is 0 Å². The van der Waals surface area contributed by atoms with Crippen LogP contribution in [0.3, 0.4) is 0 Å². The largest absolute Gasteiger partial charge is 0.368 e. The molecule has 1 fully saturated rings. The van der Waals surface area contributed by atoms with E-state index >= 15 is 0 Å². The van der Waals surface area contributed by atoms with E-state index in [0.717, 1.165) is 6.42 Å². The third kappa shape index (κ3) is 3.35. The van der Waals surface area contributed by atoms with Gasteiger partial charge in [0.2, 0.25) is 5.95 Å². The van der Waals surface area contributed by atoms with Gasteiger partial charge in [0, 0.05) is 6.54 Å². The first-order valence-corrected chi connectivity index (χ1v) is 11.0. The van der Waals surface area contributed by atoms with E-state index in [1.54, 1.807) is 18.4 Å². The minimum absolute atomic E-state index is 0.0789. The molecule has 9 heteroatoms. The van der Waals surface area contributed by atoms with Gasteiger partial charge in [-0.3, -0.25) is 9.36 Å². The number of para-hydroxylation sites is 1. The van der Waals surface area contributed by atoms with Crippen LogP contribution in [0.15, 0.2) is 47.3 Å². The fourth-order valence-corrected chi connectivity index (χ4v) is 4.68. The zero-order chi connectivity index (χ0) is 24.0. The summed E-state index contributed by atoms with van der Waals surface area (Å²) in [6.45, 7) is 3.92. The molecule has 8 nitrogen and oxygen atoms in total. The summed E-state index contributed by atoms with van der Waals surface area (Å²) in [5.41, 5.74) is 7.74. The van der Waals surface area contributed by atoms with Crippen molar-refractivity contribution in [3.8, 4) is 11.8 Å². The van der Waals surface area contributed by atoms with Crippen molar-refractivity contribution in [1.82, 2.24) is 19.5 Å². The maximum absolute atomic E-state index is 14.4. The lowest BCUT2D eigenvalue weighted by Gasteiger charge is -2.28. The molecule has 0 spiro atoms. The highest BCUT2D eigenvalue weighted by Crippen LogP contribution is 2.37. The first-order valence-electron chi connectivity index (χ1n) is 11.0. The van der Waals surface area contributed by atoms with Gasteiger partial charge in [-0.05, 0) is 56.5 Å². The van der Waals surface area contributed by atoms with E-state index in [9.17, 15) is 14.4 Å². The second-order valence-electron chi connectivity index (χ2n) is 8.34. The van der Waals surface area contributed by atoms with Crippen LogP contribution in [0.1, 0.15) is 41.5 Å². The number of halogens is 1. The average Bonchev–Trinajstić information content (AvgIpc) is 3.31. The number of anilines is 2. The van der Waals surface area contributed by atoms with Crippen molar-refractivity contribution >= 4 is 22.7 Å². The molecule has 0 amide bonds. The molecule has 1 atom stereocenters. The zero-order valence-electron chi connectivity index (χ0n) is 18.8. The lowest BCUT2D eigenvalue weighted by molar-refractivity contribution is 0.617. The SMILES string of the molecule is Cc1nc(N)nc(N2CCCC2c2nc3ccc(F)c(C)c3c(=O)n2-c2ccccc2)c1C#N. The van der Waals surface area contributed by atoms with Crippen LogP contribution >= 0.6 is 0 Å². The van der Waals surface area contributed by atoms with E-state index < -0.39 is 5.82 Å². The molecule has 0 radical (unpaired) electrons. The molecule has 34 heavy (non-hydrogen) atoms. The van der Waals surface area contributed by atoms with Crippen LogP contribution in [0.4, 0.5) is 16.2 Å². The molecule has 2 aromatic heterocycles. The van der Waals surface area contributed by atoms with Gasteiger partial charge in [0.05, 0.1) is 28.3 Å². The van der Waals surface area contributed by atoms with Gasteiger partial charge in [-0.1, -0.05) is 18.2 Å². The molecule has 1 aliphatic heterocycles. The first kappa shape index (κ1) is 21.5. The molecule has 0 aliphatic carbocycles. The standard InChI is InChI=1S/C25H22FN7O/c1-14-18(26)10-11-19-21(14)24(34)33(16-7-4-3-5-8-16)23(30-19)20-9-6-12-32(20)22-17(13-27)15(2)29-25(28)31-22/h3-5,7-8,10-11,20H,6,9,12H2,1-2H3,(H2,28,29,31). The zero-order valence-corrected chi connectivity index (χ0v) is 18.8. The van der Waals surface area contributed by atoms with Gasteiger partial charge in [-0.2, -0.15) is 10.2 Å². The Kier molecular flexibility index (Phi) is 5.21. The third-order valence-corrected chi connectivity index (χ3v) is 6.30. The number of hydrogen-bond acceptors (Lipinski definition) is 7. The van der Waals surface area contributed by atoms with Crippen molar-refractivity contribution in [2.45, 2.75) is 32.7 Å². The number of nitriles is 1. The van der Waals surface area contributed by atoms with Crippen LogP contribution in [0.25, 0.3) is 16.6 Å². The maximum Gasteiger partial charge on any atom is 0.266 e. The fraction of sp³-hybridized carbons (Fsp3) is 0.240. The van der Waals surface area contributed by atoms with Crippen molar-refractivity contribution in [3.05, 3.63) is 81.3 Å². The normalized spacial score (nSPS) is 15.6. The Bertz CT molecular complexity index is 1530.